The fourth-order valence-electron chi connectivity index (χ4n) is 4.81. The van der Waals surface area contributed by atoms with E-state index in [2.05, 4.69) is 15.0 Å². The largest absolute Gasteiger partial charge is 0.378 e. The molecule has 2 aliphatic heterocycles. The molecule has 4 heterocycles. The minimum atomic E-state index is -1.14. The van der Waals surface area contributed by atoms with Gasteiger partial charge in [-0.1, -0.05) is 11.8 Å². The summed E-state index contributed by atoms with van der Waals surface area (Å²) < 4.78 is 34.4. The first-order chi connectivity index (χ1) is 16.8. The third-order valence-electron chi connectivity index (χ3n) is 6.71. The summed E-state index contributed by atoms with van der Waals surface area (Å²) in [5.41, 5.74) is 5.83. The number of nitriles is 1. The predicted octanol–water partition coefficient (Wildman–Crippen LogP) is 2.85. The van der Waals surface area contributed by atoms with E-state index in [9.17, 15) is 9.18 Å². The van der Waals surface area contributed by atoms with Crippen LogP contribution in [-0.2, 0) is 15.1 Å². The maximum Gasteiger partial charge on any atom is 0.239 e. The monoisotopic (exact) mass is 496 g/mol. The van der Waals surface area contributed by atoms with E-state index in [0.717, 1.165) is 0 Å². The van der Waals surface area contributed by atoms with Gasteiger partial charge >= 0.3 is 0 Å². The van der Waals surface area contributed by atoms with E-state index in [1.807, 2.05) is 6.07 Å². The van der Waals surface area contributed by atoms with E-state index in [4.69, 9.17) is 15.7 Å². The zero-order chi connectivity index (χ0) is 24.8. The van der Waals surface area contributed by atoms with Crippen molar-refractivity contribution in [2.45, 2.75) is 23.6 Å². The van der Waals surface area contributed by atoms with Crippen LogP contribution in [0.1, 0.15) is 35.7 Å². The Hall–Kier alpha value is -3.36. The Morgan fingerprint density at radius 2 is 2.11 bits per heavy atom. The maximum absolute atomic E-state index is 15.0. The van der Waals surface area contributed by atoms with Gasteiger partial charge in [-0.2, -0.15) is 9.65 Å². The van der Waals surface area contributed by atoms with Crippen molar-refractivity contribution in [3.63, 3.8) is 0 Å². The topological polar surface area (TPSA) is 117 Å². The van der Waals surface area contributed by atoms with Crippen LogP contribution in [0.5, 0.6) is 0 Å². The molecule has 3 aliphatic rings. The number of ether oxygens (including phenoxy) is 1. The van der Waals surface area contributed by atoms with Crippen molar-refractivity contribution in [2.24, 2.45) is 16.6 Å². The molecule has 3 atom stereocenters. The van der Waals surface area contributed by atoms with Crippen LogP contribution in [0.3, 0.4) is 0 Å². The highest BCUT2D eigenvalue weighted by Gasteiger charge is 2.71. The second kappa shape index (κ2) is 8.70. The van der Waals surface area contributed by atoms with Crippen LogP contribution in [-0.4, -0.2) is 57.0 Å². The molecule has 180 valence electrons. The molecule has 2 fully saturated rings. The van der Waals surface area contributed by atoms with E-state index in [1.165, 1.54) is 48.4 Å². The van der Waals surface area contributed by atoms with Crippen LogP contribution >= 0.6 is 11.8 Å². The molecule has 11 heteroatoms. The molecule has 0 aromatic carbocycles. The number of aliphatic imine (C=N–C) groups is 1. The Balaban J connectivity index is 1.47. The van der Waals surface area contributed by atoms with Crippen molar-refractivity contribution in [3.05, 3.63) is 58.9 Å². The fraction of sp³-hybridized carbons (Fsp3) is 0.375. The van der Waals surface area contributed by atoms with Crippen LogP contribution < -0.4 is 5.73 Å². The third-order valence-corrected chi connectivity index (χ3v) is 8.00. The first-order valence-electron chi connectivity index (χ1n) is 11.1. The van der Waals surface area contributed by atoms with E-state index in [0.29, 0.717) is 43.9 Å². The van der Waals surface area contributed by atoms with Gasteiger partial charge in [-0.3, -0.25) is 14.8 Å². The molecule has 1 saturated carbocycles. The molecule has 35 heavy (non-hydrogen) atoms. The van der Waals surface area contributed by atoms with Crippen molar-refractivity contribution < 1.29 is 18.3 Å². The summed E-state index contributed by atoms with van der Waals surface area (Å²) in [5, 5.41) is 9.09. The highest BCUT2D eigenvalue weighted by molar-refractivity contribution is 8.15. The van der Waals surface area contributed by atoms with Crippen molar-refractivity contribution in [2.75, 3.05) is 26.3 Å². The molecule has 0 radical (unpaired) electrons. The van der Waals surface area contributed by atoms with Crippen molar-refractivity contribution in [1.82, 2.24) is 14.9 Å². The first kappa shape index (κ1) is 23.4. The first-order valence-corrected chi connectivity index (χ1v) is 11.9. The van der Waals surface area contributed by atoms with E-state index in [-0.39, 0.29) is 28.3 Å². The Labute approximate surface area is 204 Å². The predicted molar refractivity (Wildman–Crippen MR) is 127 cm³/mol. The number of pyridine rings is 2. The van der Waals surface area contributed by atoms with Crippen molar-refractivity contribution >= 4 is 34.7 Å². The lowest BCUT2D eigenvalue weighted by molar-refractivity contribution is -0.135. The number of nitrogens with zero attached hydrogens (tertiary/aromatic N) is 5. The number of nitrogens with two attached hydrogens (primary N) is 1. The average molecular weight is 497 g/mol. The zero-order valence-corrected chi connectivity index (χ0v) is 19.7. The Bertz CT molecular complexity index is 1290. The lowest BCUT2D eigenvalue weighted by Gasteiger charge is -2.36. The molecule has 0 spiro atoms. The standard InChI is InChI=1S/C24H22F2N6O2S/c1-23(19-10-24(19,35-22(28)31-23)21(33)32-4-6-34-7-5-32)16-8-15(13-30-20(16)26)9-17(25)18-3-2-14(11-27)12-29-18/h2-3,8-9,12-13,19H,4-7,10H2,1H3,(H2,28,31)/t19-,23+,24-/m0/s1. The number of rotatable bonds is 4. The SMILES string of the molecule is C[C@]1(c2cc(C=C(F)c3ccc(C#N)cn3)cnc2F)N=C(N)S[C@@]2(C(=O)N3CCOCC3)C[C@H]21. The second-order valence-corrected chi connectivity index (χ2v) is 10.2. The molecule has 5 rings (SSSR count). The molecule has 1 amide bonds. The summed E-state index contributed by atoms with van der Waals surface area (Å²) in [7, 11) is 0. The van der Waals surface area contributed by atoms with E-state index >= 15 is 4.39 Å². The van der Waals surface area contributed by atoms with Gasteiger partial charge in [0.05, 0.1) is 30.0 Å². The molecule has 1 aliphatic carbocycles. The number of thioether (sulfide) groups is 1. The summed E-state index contributed by atoms with van der Waals surface area (Å²) in [4.78, 5) is 27.5. The molecule has 2 aromatic heterocycles. The van der Waals surface area contributed by atoms with Gasteiger partial charge in [0.25, 0.3) is 0 Å². The van der Waals surface area contributed by atoms with Gasteiger partial charge in [-0.25, -0.2) is 9.37 Å². The second-order valence-electron chi connectivity index (χ2n) is 8.89. The number of carbonyl (C=O) groups is 1. The van der Waals surface area contributed by atoms with Gasteiger partial charge in [0.1, 0.15) is 16.6 Å². The molecule has 0 bridgehead atoms. The lowest BCUT2D eigenvalue weighted by atomic mass is 9.86. The number of hydrogen-bond donors (Lipinski definition) is 1. The van der Waals surface area contributed by atoms with Crippen LogP contribution in [0.4, 0.5) is 8.78 Å². The molecule has 2 N–H and O–H groups in total. The lowest BCUT2D eigenvalue weighted by Crippen LogP contribution is -2.49. The minimum absolute atomic E-state index is 0.0368. The van der Waals surface area contributed by atoms with Crippen molar-refractivity contribution in [3.8, 4) is 6.07 Å². The van der Waals surface area contributed by atoms with E-state index < -0.39 is 22.1 Å². The summed E-state index contributed by atoms with van der Waals surface area (Å²) in [5.74, 6) is -1.74. The number of amidine groups is 1. The normalized spacial score (nSPS) is 28.1. The Kier molecular flexibility index (Phi) is 5.81. The molecule has 2 aromatic rings. The van der Waals surface area contributed by atoms with Gasteiger partial charge in [0.15, 0.2) is 5.17 Å². The van der Waals surface area contributed by atoms with Gasteiger partial charge in [0.2, 0.25) is 11.9 Å². The number of halogens is 2. The quantitative estimate of drug-likeness (QED) is 0.647. The van der Waals surface area contributed by atoms with Crippen LogP contribution in [0.2, 0.25) is 0 Å². The fourth-order valence-corrected chi connectivity index (χ4v) is 6.25. The molecular weight excluding hydrogens is 474 g/mol. The molecule has 0 unspecified atom stereocenters. The number of amides is 1. The van der Waals surface area contributed by atoms with E-state index in [1.54, 1.807) is 11.8 Å². The maximum atomic E-state index is 15.0. The average Bonchev–Trinajstić information content (AvgIpc) is 3.62. The highest BCUT2D eigenvalue weighted by Crippen LogP contribution is 2.66. The summed E-state index contributed by atoms with van der Waals surface area (Å²) in [6, 6.07) is 6.26. The smallest absolute Gasteiger partial charge is 0.239 e. The van der Waals surface area contributed by atoms with Gasteiger partial charge in [0, 0.05) is 37.0 Å². The summed E-state index contributed by atoms with van der Waals surface area (Å²) >= 11 is 1.23. The highest BCUT2D eigenvalue weighted by atomic mass is 32.2. The number of hydrogen-bond acceptors (Lipinski definition) is 8. The number of fused-ring (bicyclic) bond motifs is 1. The van der Waals surface area contributed by atoms with Crippen molar-refractivity contribution in [1.29, 1.82) is 5.26 Å². The number of morpholine rings is 1. The number of carbonyl (C=O) groups excluding carboxylic acids is 1. The Morgan fingerprint density at radius 1 is 1.34 bits per heavy atom. The van der Waals surface area contributed by atoms with Gasteiger partial charge < -0.3 is 15.4 Å². The number of aromatic nitrogens is 2. The zero-order valence-electron chi connectivity index (χ0n) is 18.9. The third kappa shape index (κ3) is 4.06. The van der Waals surface area contributed by atoms with Gasteiger partial charge in [-0.15, -0.1) is 0 Å². The Morgan fingerprint density at radius 3 is 2.80 bits per heavy atom. The van der Waals surface area contributed by atoms with Gasteiger partial charge in [-0.05, 0) is 43.2 Å². The molecule has 8 nitrogen and oxygen atoms in total. The van der Waals surface area contributed by atoms with Crippen LogP contribution in [0.15, 0.2) is 35.6 Å². The minimum Gasteiger partial charge on any atom is -0.378 e. The molecule has 1 saturated heterocycles. The summed E-state index contributed by atoms with van der Waals surface area (Å²) in [6.45, 7) is 3.70. The summed E-state index contributed by atoms with van der Waals surface area (Å²) in [6.07, 6.45) is 4.18. The van der Waals surface area contributed by atoms with Crippen LogP contribution in [0, 0.1) is 23.2 Å². The van der Waals surface area contributed by atoms with Crippen LogP contribution in [0.25, 0.3) is 11.9 Å². The molecular formula is C24H22F2N6O2S.